The zero-order valence-corrected chi connectivity index (χ0v) is 12.1. The molecule has 1 aliphatic rings. The lowest BCUT2D eigenvalue weighted by atomic mass is 9.88. The lowest BCUT2D eigenvalue weighted by Gasteiger charge is -2.36. The highest BCUT2D eigenvalue weighted by atomic mass is 32.2. The summed E-state index contributed by atoms with van der Waals surface area (Å²) < 4.78 is 0. The van der Waals surface area contributed by atoms with Crippen LogP contribution in [0.1, 0.15) is 34.1 Å². The fourth-order valence-electron chi connectivity index (χ4n) is 2.17. The number of nitrogens with zero attached hydrogens (tertiary/aromatic N) is 2. The van der Waals surface area contributed by atoms with Crippen LogP contribution in [0.3, 0.4) is 0 Å². The highest BCUT2D eigenvalue weighted by Gasteiger charge is 2.27. The van der Waals surface area contributed by atoms with Gasteiger partial charge in [-0.1, -0.05) is 32.9 Å². The fraction of sp³-hybridized carbons (Fsp3) is 0.917. The zero-order chi connectivity index (χ0) is 13.1. The molecule has 5 heteroatoms. The summed E-state index contributed by atoms with van der Waals surface area (Å²) >= 11 is 2.06. The molecule has 0 aromatic rings. The van der Waals surface area contributed by atoms with E-state index < -0.39 is 0 Å². The van der Waals surface area contributed by atoms with Crippen LogP contribution in [0.2, 0.25) is 0 Å². The molecular formula is C12H25N3OS. The molecule has 1 rings (SSSR count). The van der Waals surface area contributed by atoms with Gasteiger partial charge in [0.05, 0.1) is 0 Å². The van der Waals surface area contributed by atoms with Gasteiger partial charge < -0.3 is 15.8 Å². The summed E-state index contributed by atoms with van der Waals surface area (Å²) in [7, 11) is 0. The van der Waals surface area contributed by atoms with Gasteiger partial charge in [0.15, 0.2) is 0 Å². The average molecular weight is 259 g/mol. The zero-order valence-electron chi connectivity index (χ0n) is 11.3. The van der Waals surface area contributed by atoms with Gasteiger partial charge in [0.1, 0.15) is 5.84 Å². The molecule has 0 saturated carbocycles. The molecule has 4 nitrogen and oxygen atoms in total. The maximum Gasteiger partial charge on any atom is 0.144 e. The molecule has 1 aliphatic heterocycles. The van der Waals surface area contributed by atoms with Gasteiger partial charge in [-0.25, -0.2) is 0 Å². The lowest BCUT2D eigenvalue weighted by Crippen LogP contribution is -2.43. The van der Waals surface area contributed by atoms with Crippen molar-refractivity contribution in [3.8, 4) is 0 Å². The Bertz CT molecular complexity index is 271. The summed E-state index contributed by atoms with van der Waals surface area (Å²) in [5.74, 6) is 0.324. The van der Waals surface area contributed by atoms with Crippen LogP contribution in [0.25, 0.3) is 0 Å². The summed E-state index contributed by atoms with van der Waals surface area (Å²) in [4.78, 5) is 2.48. The quantitative estimate of drug-likeness (QED) is 0.351. The summed E-state index contributed by atoms with van der Waals surface area (Å²) in [5, 5.41) is 13.3. The first-order chi connectivity index (χ1) is 7.85. The van der Waals surface area contributed by atoms with E-state index in [1.54, 1.807) is 0 Å². The van der Waals surface area contributed by atoms with Crippen LogP contribution < -0.4 is 5.73 Å². The molecule has 100 valence electrons. The predicted molar refractivity (Wildman–Crippen MR) is 74.8 cm³/mol. The Kier molecular flexibility index (Phi) is 5.13. The molecule has 0 aliphatic carbocycles. The molecule has 17 heavy (non-hydrogen) atoms. The van der Waals surface area contributed by atoms with Gasteiger partial charge >= 0.3 is 0 Å². The standard InChI is InChI=1S/C12H25N3OS/c1-9-7-15(8-10(2)17-9)6-5-12(3,4)11(13)14-16/h9-10,16H,5-8H2,1-4H3,(H2,13,14). The van der Waals surface area contributed by atoms with E-state index in [0.29, 0.717) is 16.3 Å². The van der Waals surface area contributed by atoms with Crippen LogP contribution in [0.4, 0.5) is 0 Å². The molecule has 1 heterocycles. The average Bonchev–Trinajstić information content (AvgIpc) is 2.24. The van der Waals surface area contributed by atoms with E-state index in [1.165, 1.54) is 0 Å². The minimum absolute atomic E-state index is 0.230. The van der Waals surface area contributed by atoms with Crippen LogP contribution in [-0.2, 0) is 0 Å². The molecule has 2 atom stereocenters. The topological polar surface area (TPSA) is 61.8 Å². The van der Waals surface area contributed by atoms with Gasteiger partial charge in [-0.3, -0.25) is 0 Å². The molecule has 2 unspecified atom stereocenters. The fourth-order valence-corrected chi connectivity index (χ4v) is 3.55. The van der Waals surface area contributed by atoms with Crippen molar-refractivity contribution in [3.05, 3.63) is 0 Å². The largest absolute Gasteiger partial charge is 0.409 e. The number of hydrogen-bond donors (Lipinski definition) is 2. The maximum absolute atomic E-state index is 8.74. The van der Waals surface area contributed by atoms with Crippen LogP contribution in [0.15, 0.2) is 5.16 Å². The second kappa shape index (κ2) is 5.96. The molecular weight excluding hydrogens is 234 g/mol. The van der Waals surface area contributed by atoms with Crippen molar-refractivity contribution in [2.45, 2.75) is 44.6 Å². The van der Waals surface area contributed by atoms with E-state index in [-0.39, 0.29) is 5.41 Å². The van der Waals surface area contributed by atoms with Gasteiger partial charge in [0.2, 0.25) is 0 Å². The third kappa shape index (κ3) is 4.39. The van der Waals surface area contributed by atoms with Gasteiger partial charge in [-0.2, -0.15) is 11.8 Å². The van der Waals surface area contributed by atoms with Gasteiger partial charge in [0.25, 0.3) is 0 Å². The van der Waals surface area contributed by atoms with Crippen molar-refractivity contribution in [2.75, 3.05) is 19.6 Å². The first-order valence-corrected chi connectivity index (χ1v) is 7.15. The molecule has 0 spiro atoms. The summed E-state index contributed by atoms with van der Waals surface area (Å²) in [6.45, 7) is 11.9. The summed E-state index contributed by atoms with van der Waals surface area (Å²) in [6, 6.07) is 0. The number of rotatable bonds is 4. The number of amidine groups is 1. The Labute approximate surface area is 109 Å². The minimum Gasteiger partial charge on any atom is -0.409 e. The highest BCUT2D eigenvalue weighted by Crippen LogP contribution is 2.27. The van der Waals surface area contributed by atoms with Crippen molar-refractivity contribution in [1.29, 1.82) is 0 Å². The SMILES string of the molecule is CC1CN(CCC(C)(C)C(N)=NO)CC(C)S1. The summed E-state index contributed by atoms with van der Waals surface area (Å²) in [5.41, 5.74) is 5.47. The predicted octanol–water partition coefficient (Wildman–Crippen LogP) is 1.97. The number of nitrogens with two attached hydrogens (primary N) is 1. The first-order valence-electron chi connectivity index (χ1n) is 6.21. The molecule has 1 fully saturated rings. The van der Waals surface area contributed by atoms with Crippen LogP contribution in [-0.4, -0.2) is 46.1 Å². The third-order valence-electron chi connectivity index (χ3n) is 3.35. The summed E-state index contributed by atoms with van der Waals surface area (Å²) in [6.07, 6.45) is 0.924. The van der Waals surface area contributed by atoms with E-state index in [1.807, 2.05) is 13.8 Å². The maximum atomic E-state index is 8.74. The molecule has 0 aromatic heterocycles. The van der Waals surface area contributed by atoms with Gasteiger partial charge in [-0.05, 0) is 13.0 Å². The van der Waals surface area contributed by atoms with Crippen molar-refractivity contribution in [3.63, 3.8) is 0 Å². The number of oxime groups is 1. The van der Waals surface area contributed by atoms with E-state index >= 15 is 0 Å². The smallest absolute Gasteiger partial charge is 0.144 e. The first kappa shape index (κ1) is 14.6. The van der Waals surface area contributed by atoms with Crippen LogP contribution in [0, 0.1) is 5.41 Å². The Balaban J connectivity index is 2.45. The molecule has 0 bridgehead atoms. The van der Waals surface area contributed by atoms with Crippen molar-refractivity contribution in [2.24, 2.45) is 16.3 Å². The van der Waals surface area contributed by atoms with E-state index in [9.17, 15) is 0 Å². The Hall–Kier alpha value is -0.420. The highest BCUT2D eigenvalue weighted by molar-refractivity contribution is 8.00. The second-order valence-electron chi connectivity index (χ2n) is 5.64. The van der Waals surface area contributed by atoms with E-state index in [2.05, 4.69) is 35.7 Å². The van der Waals surface area contributed by atoms with Crippen molar-refractivity contribution in [1.82, 2.24) is 4.90 Å². The van der Waals surface area contributed by atoms with E-state index in [4.69, 9.17) is 10.9 Å². The lowest BCUT2D eigenvalue weighted by molar-refractivity contribution is 0.238. The number of thioether (sulfide) groups is 1. The molecule has 0 radical (unpaired) electrons. The molecule has 3 N–H and O–H groups in total. The van der Waals surface area contributed by atoms with E-state index in [0.717, 1.165) is 26.1 Å². The van der Waals surface area contributed by atoms with Gasteiger partial charge in [-0.15, -0.1) is 0 Å². The Morgan fingerprint density at radius 3 is 2.41 bits per heavy atom. The van der Waals surface area contributed by atoms with Gasteiger partial charge in [0, 0.05) is 29.0 Å². The Morgan fingerprint density at radius 2 is 1.94 bits per heavy atom. The molecule has 0 amide bonds. The van der Waals surface area contributed by atoms with Crippen molar-refractivity contribution < 1.29 is 5.21 Å². The normalized spacial score (nSPS) is 28.4. The number of hydrogen-bond acceptors (Lipinski definition) is 4. The van der Waals surface area contributed by atoms with Crippen molar-refractivity contribution >= 4 is 17.6 Å². The minimum atomic E-state index is -0.230. The van der Waals surface area contributed by atoms with Crippen LogP contribution >= 0.6 is 11.8 Å². The van der Waals surface area contributed by atoms with Crippen LogP contribution in [0.5, 0.6) is 0 Å². The Morgan fingerprint density at radius 1 is 1.41 bits per heavy atom. The monoisotopic (exact) mass is 259 g/mol. The second-order valence-corrected chi connectivity index (χ2v) is 7.52. The third-order valence-corrected chi connectivity index (χ3v) is 4.58. The molecule has 1 saturated heterocycles. The molecule has 0 aromatic carbocycles.